The van der Waals surface area contributed by atoms with Gasteiger partial charge < -0.3 is 5.32 Å². The van der Waals surface area contributed by atoms with Gasteiger partial charge in [0.2, 0.25) is 5.95 Å². The van der Waals surface area contributed by atoms with Gasteiger partial charge >= 0.3 is 0 Å². The fourth-order valence-electron chi connectivity index (χ4n) is 1.98. The van der Waals surface area contributed by atoms with Crippen molar-refractivity contribution in [3.63, 3.8) is 0 Å². The molecule has 0 radical (unpaired) electrons. The SMILES string of the molecule is O=C(NCC1CCCS1(=O)=O)c1ccnc(F)c1F. The number of hydrogen-bond acceptors (Lipinski definition) is 4. The van der Waals surface area contributed by atoms with E-state index in [4.69, 9.17) is 0 Å². The van der Waals surface area contributed by atoms with Crippen molar-refractivity contribution < 1.29 is 22.0 Å². The van der Waals surface area contributed by atoms with Gasteiger partial charge in [-0.05, 0) is 18.9 Å². The predicted octanol–water partition coefficient (Wildman–Crippen LogP) is 0.667. The van der Waals surface area contributed by atoms with Crippen molar-refractivity contribution in [2.45, 2.75) is 18.1 Å². The Balaban J connectivity index is 2.04. The molecule has 0 spiro atoms. The molecule has 0 bridgehead atoms. The molecule has 2 heterocycles. The molecule has 1 aromatic rings. The number of carbonyl (C=O) groups is 1. The van der Waals surface area contributed by atoms with Gasteiger partial charge in [0.15, 0.2) is 15.7 Å². The van der Waals surface area contributed by atoms with Crippen molar-refractivity contribution in [2.24, 2.45) is 0 Å². The average molecular weight is 290 g/mol. The molecule has 0 saturated carbocycles. The first-order valence-corrected chi connectivity index (χ1v) is 7.43. The third-order valence-corrected chi connectivity index (χ3v) is 5.32. The van der Waals surface area contributed by atoms with Crippen LogP contribution in [0.5, 0.6) is 0 Å². The van der Waals surface area contributed by atoms with Gasteiger partial charge in [-0.2, -0.15) is 4.39 Å². The van der Waals surface area contributed by atoms with Gasteiger partial charge in [-0.1, -0.05) is 0 Å². The molecule has 5 nitrogen and oxygen atoms in total. The topological polar surface area (TPSA) is 76.1 Å². The molecule has 0 aromatic carbocycles. The molecule has 1 aliphatic rings. The largest absolute Gasteiger partial charge is 0.351 e. The summed E-state index contributed by atoms with van der Waals surface area (Å²) in [6.07, 6.45) is 2.00. The first kappa shape index (κ1) is 13.9. The van der Waals surface area contributed by atoms with E-state index >= 15 is 0 Å². The number of hydrogen-bond donors (Lipinski definition) is 1. The van der Waals surface area contributed by atoms with Crippen molar-refractivity contribution in [1.29, 1.82) is 0 Å². The number of pyridine rings is 1. The second-order valence-corrected chi connectivity index (χ2v) is 6.71. The third-order valence-electron chi connectivity index (χ3n) is 3.04. The lowest BCUT2D eigenvalue weighted by atomic mass is 10.2. The summed E-state index contributed by atoms with van der Waals surface area (Å²) in [5.74, 6) is -3.44. The van der Waals surface area contributed by atoms with E-state index < -0.39 is 38.3 Å². The Kier molecular flexibility index (Phi) is 3.79. The van der Waals surface area contributed by atoms with Crippen LogP contribution in [0.2, 0.25) is 0 Å². The quantitative estimate of drug-likeness (QED) is 0.830. The van der Waals surface area contributed by atoms with Gasteiger partial charge in [0.25, 0.3) is 5.91 Å². The molecular weight excluding hydrogens is 278 g/mol. The Bertz CT molecular complexity index is 604. The highest BCUT2D eigenvalue weighted by Crippen LogP contribution is 2.19. The van der Waals surface area contributed by atoms with E-state index in [2.05, 4.69) is 10.3 Å². The van der Waals surface area contributed by atoms with E-state index in [-0.39, 0.29) is 12.3 Å². The van der Waals surface area contributed by atoms with Crippen LogP contribution in [0, 0.1) is 11.8 Å². The Morgan fingerprint density at radius 3 is 2.84 bits per heavy atom. The van der Waals surface area contributed by atoms with Gasteiger partial charge in [-0.15, -0.1) is 0 Å². The molecule has 1 fully saturated rings. The minimum Gasteiger partial charge on any atom is -0.351 e. The zero-order valence-electron chi connectivity index (χ0n) is 9.90. The molecule has 1 saturated heterocycles. The maximum Gasteiger partial charge on any atom is 0.254 e. The maximum absolute atomic E-state index is 13.3. The summed E-state index contributed by atoms with van der Waals surface area (Å²) in [4.78, 5) is 14.7. The fourth-order valence-corrected chi connectivity index (χ4v) is 3.75. The van der Waals surface area contributed by atoms with Crippen LogP contribution in [0.4, 0.5) is 8.78 Å². The fraction of sp³-hybridized carbons (Fsp3) is 0.455. The van der Waals surface area contributed by atoms with Gasteiger partial charge in [-0.3, -0.25) is 4.79 Å². The molecule has 1 aromatic heterocycles. The van der Waals surface area contributed by atoms with Crippen molar-refractivity contribution in [2.75, 3.05) is 12.3 Å². The molecule has 8 heteroatoms. The van der Waals surface area contributed by atoms with Crippen LogP contribution in [-0.2, 0) is 9.84 Å². The summed E-state index contributed by atoms with van der Waals surface area (Å²) >= 11 is 0. The van der Waals surface area contributed by atoms with Crippen LogP contribution < -0.4 is 5.32 Å². The average Bonchev–Trinajstić information content (AvgIpc) is 2.69. The molecule has 1 aliphatic heterocycles. The first-order valence-electron chi connectivity index (χ1n) is 5.71. The predicted molar refractivity (Wildman–Crippen MR) is 63.3 cm³/mol. The highest BCUT2D eigenvalue weighted by atomic mass is 32.2. The second kappa shape index (κ2) is 5.20. The van der Waals surface area contributed by atoms with E-state index in [9.17, 15) is 22.0 Å². The Labute approximate surface area is 109 Å². The molecule has 104 valence electrons. The van der Waals surface area contributed by atoms with Gasteiger partial charge in [-0.25, -0.2) is 17.8 Å². The lowest BCUT2D eigenvalue weighted by Gasteiger charge is -2.11. The summed E-state index contributed by atoms with van der Waals surface area (Å²) < 4.78 is 49.2. The van der Waals surface area contributed by atoms with Crippen molar-refractivity contribution in [3.05, 3.63) is 29.6 Å². The minimum absolute atomic E-state index is 0.0927. The molecule has 1 atom stereocenters. The summed E-state index contributed by atoms with van der Waals surface area (Å²) in [7, 11) is -3.18. The first-order chi connectivity index (χ1) is 8.92. The van der Waals surface area contributed by atoms with Crippen molar-refractivity contribution in [3.8, 4) is 0 Å². The standard InChI is InChI=1S/C11H12F2N2O3S/c12-9-8(3-4-14-10(9)13)11(16)15-6-7-2-1-5-19(7,17)18/h3-4,7H,1-2,5-6H2,(H,15,16). The van der Waals surface area contributed by atoms with Gasteiger partial charge in [0.1, 0.15) is 0 Å². The summed E-state index contributed by atoms with van der Waals surface area (Å²) in [6.45, 7) is -0.0927. The molecule has 2 rings (SSSR count). The number of amides is 1. The second-order valence-electron chi connectivity index (χ2n) is 4.30. The lowest BCUT2D eigenvalue weighted by Crippen LogP contribution is -2.35. The maximum atomic E-state index is 13.3. The summed E-state index contributed by atoms with van der Waals surface area (Å²) in [5.41, 5.74) is -0.483. The minimum atomic E-state index is -3.18. The van der Waals surface area contributed by atoms with Gasteiger partial charge in [0.05, 0.1) is 16.6 Å². The molecule has 1 N–H and O–H groups in total. The normalized spacial score (nSPS) is 21.3. The van der Waals surface area contributed by atoms with E-state index in [1.165, 1.54) is 0 Å². The Morgan fingerprint density at radius 2 is 2.21 bits per heavy atom. The van der Waals surface area contributed by atoms with Crippen LogP contribution in [0.3, 0.4) is 0 Å². The molecule has 1 amide bonds. The van der Waals surface area contributed by atoms with Crippen LogP contribution in [0.1, 0.15) is 23.2 Å². The van der Waals surface area contributed by atoms with Crippen molar-refractivity contribution in [1.82, 2.24) is 10.3 Å². The van der Waals surface area contributed by atoms with Crippen molar-refractivity contribution >= 4 is 15.7 Å². The Morgan fingerprint density at radius 1 is 1.47 bits per heavy atom. The number of nitrogens with zero attached hydrogens (tertiary/aromatic N) is 1. The van der Waals surface area contributed by atoms with Gasteiger partial charge in [0, 0.05) is 12.7 Å². The van der Waals surface area contributed by atoms with Crippen LogP contribution in [-0.4, -0.2) is 36.9 Å². The van der Waals surface area contributed by atoms with E-state index in [1.807, 2.05) is 0 Å². The molecule has 1 unspecified atom stereocenters. The zero-order chi connectivity index (χ0) is 14.0. The van der Waals surface area contributed by atoms with Crippen LogP contribution >= 0.6 is 0 Å². The number of nitrogens with one attached hydrogen (secondary N) is 1. The monoisotopic (exact) mass is 290 g/mol. The lowest BCUT2D eigenvalue weighted by molar-refractivity contribution is 0.0948. The van der Waals surface area contributed by atoms with Crippen LogP contribution in [0.15, 0.2) is 12.3 Å². The summed E-state index contributed by atoms with van der Waals surface area (Å²) in [5, 5.41) is 1.66. The van der Waals surface area contributed by atoms with Crippen LogP contribution in [0.25, 0.3) is 0 Å². The Hall–Kier alpha value is -1.57. The number of rotatable bonds is 3. The number of sulfone groups is 1. The third kappa shape index (κ3) is 2.89. The molecule has 19 heavy (non-hydrogen) atoms. The van der Waals surface area contributed by atoms with E-state index in [0.29, 0.717) is 12.8 Å². The number of halogens is 2. The molecular formula is C11H12F2N2O3S. The zero-order valence-corrected chi connectivity index (χ0v) is 10.7. The summed E-state index contributed by atoms with van der Waals surface area (Å²) in [6, 6.07) is 1.04. The molecule has 0 aliphatic carbocycles. The highest BCUT2D eigenvalue weighted by Gasteiger charge is 2.31. The smallest absolute Gasteiger partial charge is 0.254 e. The van der Waals surface area contributed by atoms with E-state index in [1.54, 1.807) is 0 Å². The number of carbonyl (C=O) groups excluding carboxylic acids is 1. The van der Waals surface area contributed by atoms with E-state index in [0.717, 1.165) is 12.3 Å². The highest BCUT2D eigenvalue weighted by molar-refractivity contribution is 7.92. The number of aromatic nitrogens is 1.